The molecule has 0 heteroatoms. The lowest BCUT2D eigenvalue weighted by Gasteiger charge is -2.22. The molecule has 8 aromatic carbocycles. The lowest BCUT2D eigenvalue weighted by molar-refractivity contribution is 0.660. The molecule has 0 aliphatic heterocycles. The van der Waals surface area contributed by atoms with Crippen molar-refractivity contribution >= 4 is 32.3 Å². The van der Waals surface area contributed by atoms with Crippen LogP contribution in [0, 0.1) is 0 Å². The van der Waals surface area contributed by atoms with Gasteiger partial charge in [-0.3, -0.25) is 0 Å². The van der Waals surface area contributed by atoms with E-state index in [1.54, 1.807) is 0 Å². The number of rotatable bonds is 2. The molecular formula is C48H34. The van der Waals surface area contributed by atoms with E-state index in [1.807, 2.05) is 0 Å². The Balaban J connectivity index is 1.16. The lowest BCUT2D eigenvalue weighted by Crippen LogP contribution is -2.14. The van der Waals surface area contributed by atoms with Gasteiger partial charge in [-0.2, -0.15) is 0 Å². The third kappa shape index (κ3) is 3.12. The average Bonchev–Trinajstić information content (AvgIpc) is 3.67. The summed E-state index contributed by atoms with van der Waals surface area (Å²) >= 11 is 0. The van der Waals surface area contributed by atoms with Crippen LogP contribution in [0.25, 0.3) is 88.0 Å². The lowest BCUT2D eigenvalue weighted by atomic mass is 9.81. The summed E-state index contributed by atoms with van der Waals surface area (Å²) in [6.45, 7) is 9.50. The highest BCUT2D eigenvalue weighted by Gasteiger charge is 2.37. The van der Waals surface area contributed by atoms with E-state index < -0.39 is 0 Å². The smallest absolute Gasteiger partial charge is 0.0159 e. The van der Waals surface area contributed by atoms with Gasteiger partial charge in [-0.05, 0) is 128 Å². The fourth-order valence-electron chi connectivity index (χ4n) is 9.82. The first-order chi connectivity index (χ1) is 23.3. The molecule has 0 saturated heterocycles. The van der Waals surface area contributed by atoms with Gasteiger partial charge in [0, 0.05) is 10.8 Å². The Hall–Kier alpha value is -5.46. The minimum Gasteiger partial charge on any atom is -0.0619 e. The van der Waals surface area contributed by atoms with E-state index in [0.29, 0.717) is 0 Å². The van der Waals surface area contributed by atoms with Crippen molar-refractivity contribution < 1.29 is 0 Å². The summed E-state index contributed by atoms with van der Waals surface area (Å²) in [7, 11) is 0. The highest BCUT2D eigenvalue weighted by Crippen LogP contribution is 2.56. The summed E-state index contributed by atoms with van der Waals surface area (Å²) < 4.78 is 0. The van der Waals surface area contributed by atoms with Crippen LogP contribution in [0.5, 0.6) is 0 Å². The quantitative estimate of drug-likeness (QED) is 0.171. The zero-order valence-corrected chi connectivity index (χ0v) is 27.7. The summed E-state index contributed by atoms with van der Waals surface area (Å²) in [6.07, 6.45) is 0. The molecule has 3 aliphatic rings. The van der Waals surface area contributed by atoms with Gasteiger partial charge in [0.1, 0.15) is 0 Å². The predicted molar refractivity (Wildman–Crippen MR) is 204 cm³/mol. The van der Waals surface area contributed by atoms with E-state index in [9.17, 15) is 0 Å². The Kier molecular flexibility index (Phi) is 4.82. The van der Waals surface area contributed by atoms with Crippen molar-refractivity contribution in [1.82, 2.24) is 0 Å². The van der Waals surface area contributed by atoms with Crippen LogP contribution in [-0.2, 0) is 10.8 Å². The van der Waals surface area contributed by atoms with Crippen molar-refractivity contribution in [3.8, 4) is 55.6 Å². The van der Waals surface area contributed by atoms with Crippen molar-refractivity contribution in [2.24, 2.45) is 0 Å². The molecule has 0 amide bonds. The van der Waals surface area contributed by atoms with E-state index in [0.717, 1.165) is 0 Å². The van der Waals surface area contributed by atoms with E-state index in [4.69, 9.17) is 0 Å². The van der Waals surface area contributed by atoms with E-state index >= 15 is 0 Å². The second-order valence-corrected chi connectivity index (χ2v) is 15.3. The molecule has 0 unspecified atom stereocenters. The largest absolute Gasteiger partial charge is 0.0619 e. The van der Waals surface area contributed by atoms with Crippen molar-refractivity contribution in [1.29, 1.82) is 0 Å². The molecular weight excluding hydrogens is 577 g/mol. The molecule has 226 valence electrons. The van der Waals surface area contributed by atoms with Gasteiger partial charge >= 0.3 is 0 Å². The zero-order valence-electron chi connectivity index (χ0n) is 27.7. The third-order valence-corrected chi connectivity index (χ3v) is 12.2. The number of hydrogen-bond acceptors (Lipinski definition) is 0. The Morgan fingerprint density at radius 2 is 0.875 bits per heavy atom. The average molecular weight is 611 g/mol. The van der Waals surface area contributed by atoms with Crippen molar-refractivity contribution in [2.45, 2.75) is 38.5 Å². The minimum absolute atomic E-state index is 0.0315. The van der Waals surface area contributed by atoms with Gasteiger partial charge in [0.2, 0.25) is 0 Å². The molecule has 0 saturated carbocycles. The third-order valence-electron chi connectivity index (χ3n) is 12.2. The Morgan fingerprint density at radius 3 is 1.54 bits per heavy atom. The number of fused-ring (bicyclic) bond motifs is 7. The van der Waals surface area contributed by atoms with Gasteiger partial charge in [0.05, 0.1) is 0 Å². The fraction of sp³-hybridized carbons (Fsp3) is 0.125. The molecule has 0 fully saturated rings. The Labute approximate surface area is 281 Å². The van der Waals surface area contributed by atoms with Crippen LogP contribution < -0.4 is 0 Å². The standard InChI is InChI=1S/C48H34/c1-47(2)39-14-7-5-11-32(39)34-21-18-28(25-41(34)47)31-20-16-27-17-23-36-38(24-30-10-9-13-37-43(30)46(36)44(27)45(31)37)29-19-22-35-33-12-6-8-15-40(33)48(3,4)42(35)26-29/h5-26H,1-4H3. The molecule has 0 radical (unpaired) electrons. The van der Waals surface area contributed by atoms with E-state index in [2.05, 4.69) is 161 Å². The van der Waals surface area contributed by atoms with Crippen molar-refractivity contribution in [2.75, 3.05) is 0 Å². The normalized spacial score (nSPS) is 15.4. The SMILES string of the molecule is CC1(C)c2ccccc2-c2ccc(-c3ccc4ccc5c(-c6ccc7c(c6)C(C)(C)c6ccccc6-7)cc6cccc7c6c5c4c3-7)cc21. The molecule has 0 spiro atoms. The van der Waals surface area contributed by atoms with Gasteiger partial charge in [-0.25, -0.2) is 0 Å². The monoisotopic (exact) mass is 610 g/mol. The van der Waals surface area contributed by atoms with Crippen LogP contribution in [0.2, 0.25) is 0 Å². The number of hydrogen-bond donors (Lipinski definition) is 0. The van der Waals surface area contributed by atoms with Gasteiger partial charge in [0.15, 0.2) is 0 Å². The van der Waals surface area contributed by atoms with Crippen LogP contribution >= 0.6 is 0 Å². The van der Waals surface area contributed by atoms with Crippen molar-refractivity contribution in [3.63, 3.8) is 0 Å². The maximum Gasteiger partial charge on any atom is 0.0159 e. The van der Waals surface area contributed by atoms with E-state index in [1.165, 1.54) is 110 Å². The predicted octanol–water partition coefficient (Wildman–Crippen LogP) is 13.1. The molecule has 11 rings (SSSR count). The molecule has 0 N–H and O–H groups in total. The molecule has 48 heavy (non-hydrogen) atoms. The van der Waals surface area contributed by atoms with Crippen LogP contribution in [-0.4, -0.2) is 0 Å². The Morgan fingerprint density at radius 1 is 0.333 bits per heavy atom. The fourth-order valence-corrected chi connectivity index (χ4v) is 9.82. The first kappa shape index (κ1) is 26.6. The molecule has 0 nitrogen and oxygen atoms in total. The summed E-state index contributed by atoms with van der Waals surface area (Å²) in [5.41, 5.74) is 19.1. The molecule has 8 aromatic rings. The van der Waals surface area contributed by atoms with Gasteiger partial charge < -0.3 is 0 Å². The summed E-state index contributed by atoms with van der Waals surface area (Å²) in [6, 6.07) is 51.1. The topological polar surface area (TPSA) is 0 Å². The summed E-state index contributed by atoms with van der Waals surface area (Å²) in [5.74, 6) is 0. The zero-order chi connectivity index (χ0) is 32.1. The second kappa shape index (κ2) is 8.71. The van der Waals surface area contributed by atoms with Crippen LogP contribution in [0.3, 0.4) is 0 Å². The molecule has 0 bridgehead atoms. The number of benzene rings is 8. The Bertz CT molecular complexity index is 2770. The van der Waals surface area contributed by atoms with Crippen LogP contribution in [0.4, 0.5) is 0 Å². The second-order valence-electron chi connectivity index (χ2n) is 15.3. The summed E-state index contributed by atoms with van der Waals surface area (Å²) in [5, 5.41) is 8.18. The van der Waals surface area contributed by atoms with Gasteiger partial charge in [-0.1, -0.05) is 143 Å². The van der Waals surface area contributed by atoms with E-state index in [-0.39, 0.29) is 10.8 Å². The maximum absolute atomic E-state index is 2.48. The molecule has 0 heterocycles. The molecule has 3 aliphatic carbocycles. The van der Waals surface area contributed by atoms with Gasteiger partial charge in [0.25, 0.3) is 0 Å². The maximum atomic E-state index is 2.48. The summed E-state index contributed by atoms with van der Waals surface area (Å²) in [4.78, 5) is 0. The molecule has 0 atom stereocenters. The first-order valence-corrected chi connectivity index (χ1v) is 17.3. The van der Waals surface area contributed by atoms with Crippen LogP contribution in [0.15, 0.2) is 133 Å². The van der Waals surface area contributed by atoms with Gasteiger partial charge in [-0.15, -0.1) is 0 Å². The van der Waals surface area contributed by atoms with Crippen LogP contribution in [0.1, 0.15) is 49.9 Å². The molecule has 0 aromatic heterocycles. The van der Waals surface area contributed by atoms with Crippen molar-refractivity contribution in [3.05, 3.63) is 156 Å². The highest BCUT2D eigenvalue weighted by atomic mass is 14.4. The first-order valence-electron chi connectivity index (χ1n) is 17.3. The highest BCUT2D eigenvalue weighted by molar-refractivity contribution is 6.36. The minimum atomic E-state index is -0.0317.